The molecule has 0 aliphatic heterocycles. The molecule has 0 spiro atoms. The number of nitrogens with two attached hydrogens (primary N) is 1. The van der Waals surface area contributed by atoms with Crippen LogP contribution in [-0.4, -0.2) is 27.7 Å². The summed E-state index contributed by atoms with van der Waals surface area (Å²) in [4.78, 5) is 23.1. The lowest BCUT2D eigenvalue weighted by Crippen LogP contribution is -2.24. The lowest BCUT2D eigenvalue weighted by Gasteiger charge is -2.26. The molecule has 1 aliphatic carbocycles. The molecular weight excluding hydrogens is 332 g/mol. The SMILES string of the molecule is NC(=O)Cn1ccc(NC(=O)c2ccc(OC3CCC3)cc2Cl)n1. The molecule has 0 unspecified atom stereocenters. The Morgan fingerprint density at radius 2 is 2.17 bits per heavy atom. The highest BCUT2D eigenvalue weighted by atomic mass is 35.5. The van der Waals surface area contributed by atoms with Crippen molar-refractivity contribution in [1.82, 2.24) is 9.78 Å². The van der Waals surface area contributed by atoms with Crippen molar-refractivity contribution in [2.45, 2.75) is 31.9 Å². The number of amides is 2. The summed E-state index contributed by atoms with van der Waals surface area (Å²) < 4.78 is 7.09. The van der Waals surface area contributed by atoms with Gasteiger partial charge in [-0.1, -0.05) is 11.6 Å². The van der Waals surface area contributed by atoms with Gasteiger partial charge in [0.2, 0.25) is 5.91 Å². The predicted molar refractivity (Wildman–Crippen MR) is 89.1 cm³/mol. The molecule has 0 radical (unpaired) electrons. The highest BCUT2D eigenvalue weighted by molar-refractivity contribution is 6.34. The van der Waals surface area contributed by atoms with E-state index in [-0.39, 0.29) is 18.6 Å². The first-order chi connectivity index (χ1) is 11.5. The van der Waals surface area contributed by atoms with Gasteiger partial charge in [0.25, 0.3) is 5.91 Å². The van der Waals surface area contributed by atoms with Gasteiger partial charge in [0, 0.05) is 12.3 Å². The first-order valence-electron chi connectivity index (χ1n) is 7.60. The first-order valence-corrected chi connectivity index (χ1v) is 7.98. The van der Waals surface area contributed by atoms with E-state index >= 15 is 0 Å². The van der Waals surface area contributed by atoms with Crippen LogP contribution in [0.2, 0.25) is 5.02 Å². The Bertz CT molecular complexity index is 770. The molecule has 3 N–H and O–H groups in total. The number of nitrogens with zero attached hydrogens (tertiary/aromatic N) is 2. The van der Waals surface area contributed by atoms with Crippen molar-refractivity contribution in [3.8, 4) is 5.75 Å². The summed E-state index contributed by atoms with van der Waals surface area (Å²) in [5, 5.41) is 6.97. The van der Waals surface area contributed by atoms with Gasteiger partial charge in [0.15, 0.2) is 5.82 Å². The lowest BCUT2D eigenvalue weighted by atomic mass is 9.96. The van der Waals surface area contributed by atoms with Gasteiger partial charge in [-0.3, -0.25) is 14.3 Å². The van der Waals surface area contributed by atoms with Crippen LogP contribution in [0.15, 0.2) is 30.5 Å². The van der Waals surface area contributed by atoms with Crippen LogP contribution in [0.25, 0.3) is 0 Å². The molecule has 3 rings (SSSR count). The number of ether oxygens (including phenoxy) is 1. The van der Waals surface area contributed by atoms with Crippen molar-refractivity contribution in [3.63, 3.8) is 0 Å². The zero-order valence-corrected chi connectivity index (χ0v) is 13.6. The van der Waals surface area contributed by atoms with Gasteiger partial charge >= 0.3 is 0 Å². The predicted octanol–water partition coefficient (Wildman–Crippen LogP) is 2.21. The van der Waals surface area contributed by atoms with Gasteiger partial charge in [0.1, 0.15) is 12.3 Å². The van der Waals surface area contributed by atoms with E-state index in [1.54, 1.807) is 30.5 Å². The summed E-state index contributed by atoms with van der Waals surface area (Å²) >= 11 is 6.18. The van der Waals surface area contributed by atoms with Gasteiger partial charge in [-0.15, -0.1) is 0 Å². The molecule has 1 heterocycles. The number of rotatable bonds is 6. The Kier molecular flexibility index (Phi) is 4.71. The molecule has 1 aromatic carbocycles. The monoisotopic (exact) mass is 348 g/mol. The Morgan fingerprint density at radius 3 is 2.79 bits per heavy atom. The number of nitrogens with one attached hydrogen (secondary N) is 1. The van der Waals surface area contributed by atoms with E-state index in [0.29, 0.717) is 22.2 Å². The largest absolute Gasteiger partial charge is 0.490 e. The van der Waals surface area contributed by atoms with Crippen molar-refractivity contribution in [3.05, 3.63) is 41.0 Å². The van der Waals surface area contributed by atoms with E-state index in [4.69, 9.17) is 22.1 Å². The van der Waals surface area contributed by atoms with Gasteiger partial charge in [-0.2, -0.15) is 5.10 Å². The maximum Gasteiger partial charge on any atom is 0.258 e. The molecule has 2 amide bonds. The van der Waals surface area contributed by atoms with Crippen LogP contribution in [-0.2, 0) is 11.3 Å². The topological polar surface area (TPSA) is 99.2 Å². The number of hydrogen-bond donors (Lipinski definition) is 2. The summed E-state index contributed by atoms with van der Waals surface area (Å²) in [6.07, 6.45) is 5.08. The number of halogens is 1. The highest BCUT2D eigenvalue weighted by Gasteiger charge is 2.20. The molecule has 0 bridgehead atoms. The molecular formula is C16H17ClN4O3. The molecule has 0 saturated heterocycles. The van der Waals surface area contributed by atoms with Crippen LogP contribution in [0.3, 0.4) is 0 Å². The molecule has 0 atom stereocenters. The minimum Gasteiger partial charge on any atom is -0.490 e. The first kappa shape index (κ1) is 16.3. The van der Waals surface area contributed by atoms with Crippen molar-refractivity contribution >= 4 is 29.2 Å². The molecule has 1 fully saturated rings. The van der Waals surface area contributed by atoms with Crippen LogP contribution < -0.4 is 15.8 Å². The smallest absolute Gasteiger partial charge is 0.258 e. The van der Waals surface area contributed by atoms with E-state index in [1.165, 1.54) is 11.1 Å². The number of aromatic nitrogens is 2. The number of primary amides is 1. The Hall–Kier alpha value is -2.54. The van der Waals surface area contributed by atoms with Crippen molar-refractivity contribution in [2.24, 2.45) is 5.73 Å². The van der Waals surface area contributed by atoms with E-state index in [1.807, 2.05) is 0 Å². The summed E-state index contributed by atoms with van der Waals surface area (Å²) in [6, 6.07) is 6.56. The van der Waals surface area contributed by atoms with Gasteiger partial charge in [0.05, 0.1) is 16.7 Å². The van der Waals surface area contributed by atoms with Gasteiger partial charge in [-0.05, 0) is 37.5 Å². The maximum atomic E-state index is 12.3. The molecule has 1 aromatic heterocycles. The van der Waals surface area contributed by atoms with Crippen LogP contribution in [0.5, 0.6) is 5.75 Å². The molecule has 2 aromatic rings. The molecule has 24 heavy (non-hydrogen) atoms. The Labute approximate surface area is 143 Å². The normalized spacial score (nSPS) is 14.0. The average Bonchev–Trinajstić information content (AvgIpc) is 2.89. The minimum atomic E-state index is -0.513. The second-order valence-corrected chi connectivity index (χ2v) is 6.04. The standard InChI is InChI=1S/C16H17ClN4O3/c17-13-8-11(24-10-2-1-3-10)4-5-12(13)16(23)19-15-6-7-21(20-15)9-14(18)22/h4-8,10H,1-3,9H2,(H2,18,22)(H,19,20,23). The number of carbonyl (C=O) groups is 2. The third kappa shape index (κ3) is 3.86. The minimum absolute atomic E-state index is 0.0518. The fraction of sp³-hybridized carbons (Fsp3) is 0.312. The van der Waals surface area contributed by atoms with Crippen molar-refractivity contribution in [2.75, 3.05) is 5.32 Å². The number of anilines is 1. The summed E-state index contributed by atoms with van der Waals surface area (Å²) in [6.45, 7) is -0.0518. The number of benzene rings is 1. The maximum absolute atomic E-state index is 12.3. The third-order valence-corrected chi connectivity index (χ3v) is 4.05. The molecule has 1 saturated carbocycles. The van der Waals surface area contributed by atoms with E-state index in [2.05, 4.69) is 10.4 Å². The Balaban J connectivity index is 1.65. The summed E-state index contributed by atoms with van der Waals surface area (Å²) in [5.41, 5.74) is 5.41. The van der Waals surface area contributed by atoms with E-state index in [0.717, 1.165) is 12.8 Å². The molecule has 8 heteroatoms. The van der Waals surface area contributed by atoms with Crippen molar-refractivity contribution < 1.29 is 14.3 Å². The van der Waals surface area contributed by atoms with E-state index in [9.17, 15) is 9.59 Å². The average molecular weight is 349 g/mol. The van der Waals surface area contributed by atoms with Gasteiger partial charge in [-0.25, -0.2) is 0 Å². The van der Waals surface area contributed by atoms with Crippen LogP contribution in [0, 0.1) is 0 Å². The zero-order valence-electron chi connectivity index (χ0n) is 12.9. The summed E-state index contributed by atoms with van der Waals surface area (Å²) in [5.74, 6) is 0.0692. The van der Waals surface area contributed by atoms with Gasteiger partial charge < -0.3 is 15.8 Å². The zero-order chi connectivity index (χ0) is 17.1. The molecule has 7 nitrogen and oxygen atoms in total. The van der Waals surface area contributed by atoms with Crippen molar-refractivity contribution in [1.29, 1.82) is 0 Å². The number of carbonyl (C=O) groups excluding carboxylic acids is 2. The molecule has 126 valence electrons. The second kappa shape index (κ2) is 6.92. The lowest BCUT2D eigenvalue weighted by molar-refractivity contribution is -0.118. The fourth-order valence-electron chi connectivity index (χ4n) is 2.29. The summed E-state index contributed by atoms with van der Waals surface area (Å²) in [7, 11) is 0. The van der Waals surface area contributed by atoms with Crippen LogP contribution >= 0.6 is 11.6 Å². The second-order valence-electron chi connectivity index (χ2n) is 5.63. The third-order valence-electron chi connectivity index (χ3n) is 3.74. The Morgan fingerprint density at radius 1 is 1.38 bits per heavy atom. The molecule has 1 aliphatic rings. The quantitative estimate of drug-likeness (QED) is 0.835. The fourth-order valence-corrected chi connectivity index (χ4v) is 2.55. The van der Waals surface area contributed by atoms with E-state index < -0.39 is 5.91 Å². The van der Waals surface area contributed by atoms with Crippen LogP contribution in [0.1, 0.15) is 29.6 Å². The number of hydrogen-bond acceptors (Lipinski definition) is 4. The van der Waals surface area contributed by atoms with Crippen LogP contribution in [0.4, 0.5) is 5.82 Å². The highest BCUT2D eigenvalue weighted by Crippen LogP contribution is 2.28.